The number of piperazine rings is 1. The number of anilines is 3. The average molecular weight is 428 g/mol. The van der Waals surface area contributed by atoms with E-state index in [1.54, 1.807) is 17.0 Å². The standard InChI is InChI=1S/C21H25FN6O3/c1-3-23-19(29)16-7-4-13(8-12(16)2)25-20-24-9-17(22)18(26-20)27-10-14-5-6-15(11-27)28(14)21(30)31/h4,7-9,14-15H,3,5-6,10-11H2,1-2H3,(H,23,29)(H,30,31)(H,24,25,26). The number of halogens is 1. The third-order valence-corrected chi connectivity index (χ3v) is 5.79. The maximum Gasteiger partial charge on any atom is 0.407 e. The van der Waals surface area contributed by atoms with Gasteiger partial charge in [0, 0.05) is 30.9 Å². The summed E-state index contributed by atoms with van der Waals surface area (Å²) in [5.41, 5.74) is 2.05. The second-order valence-electron chi connectivity index (χ2n) is 7.86. The van der Waals surface area contributed by atoms with E-state index in [-0.39, 0.29) is 29.8 Å². The van der Waals surface area contributed by atoms with Gasteiger partial charge < -0.3 is 20.6 Å². The second-order valence-corrected chi connectivity index (χ2v) is 7.86. The Bertz CT molecular complexity index is 1000. The van der Waals surface area contributed by atoms with Gasteiger partial charge in [0.15, 0.2) is 11.6 Å². The molecule has 4 rings (SSSR count). The number of nitrogens with zero attached hydrogens (tertiary/aromatic N) is 4. The van der Waals surface area contributed by atoms with Crippen LogP contribution in [0.4, 0.5) is 26.6 Å². The third kappa shape index (κ3) is 4.10. The molecule has 9 nitrogen and oxygen atoms in total. The molecule has 10 heteroatoms. The second kappa shape index (κ2) is 8.37. The number of carboxylic acid groups (broad SMARTS) is 1. The summed E-state index contributed by atoms with van der Waals surface area (Å²) in [4.78, 5) is 35.2. The summed E-state index contributed by atoms with van der Waals surface area (Å²) in [7, 11) is 0. The maximum absolute atomic E-state index is 14.5. The molecular weight excluding hydrogens is 403 g/mol. The van der Waals surface area contributed by atoms with Gasteiger partial charge in [-0.2, -0.15) is 4.98 Å². The van der Waals surface area contributed by atoms with Crippen LogP contribution in [0.25, 0.3) is 0 Å². The molecule has 2 bridgehead atoms. The van der Waals surface area contributed by atoms with Crippen molar-refractivity contribution >= 4 is 29.5 Å². The predicted octanol–water partition coefficient (Wildman–Crippen LogP) is 2.75. The van der Waals surface area contributed by atoms with Crippen molar-refractivity contribution in [3.63, 3.8) is 0 Å². The SMILES string of the molecule is CCNC(=O)c1ccc(Nc2ncc(F)c(N3CC4CCC(C3)N4C(=O)O)n2)cc1C. The number of carbonyl (C=O) groups excluding carboxylic acids is 1. The van der Waals surface area contributed by atoms with E-state index in [1.807, 2.05) is 19.9 Å². The first kappa shape index (κ1) is 20.8. The Morgan fingerprint density at radius 1 is 1.26 bits per heavy atom. The number of nitrogens with one attached hydrogen (secondary N) is 2. The van der Waals surface area contributed by atoms with E-state index in [2.05, 4.69) is 20.6 Å². The highest BCUT2D eigenvalue weighted by Gasteiger charge is 2.43. The van der Waals surface area contributed by atoms with Gasteiger partial charge >= 0.3 is 6.09 Å². The lowest BCUT2D eigenvalue weighted by Crippen LogP contribution is -2.56. The molecule has 0 aliphatic carbocycles. The first-order valence-electron chi connectivity index (χ1n) is 10.3. The largest absolute Gasteiger partial charge is 0.465 e. The Kier molecular flexibility index (Phi) is 5.62. The highest BCUT2D eigenvalue weighted by atomic mass is 19.1. The first-order chi connectivity index (χ1) is 14.9. The molecule has 2 aromatic rings. The van der Waals surface area contributed by atoms with Crippen LogP contribution in [-0.2, 0) is 0 Å². The molecule has 3 N–H and O–H groups in total. The lowest BCUT2D eigenvalue weighted by Gasteiger charge is -2.40. The van der Waals surface area contributed by atoms with E-state index >= 15 is 0 Å². The van der Waals surface area contributed by atoms with Gasteiger partial charge in [0.2, 0.25) is 5.95 Å². The number of carbonyl (C=O) groups is 2. The number of hydrogen-bond acceptors (Lipinski definition) is 6. The van der Waals surface area contributed by atoms with Gasteiger partial charge in [-0.3, -0.25) is 9.69 Å². The summed E-state index contributed by atoms with van der Waals surface area (Å²) in [6, 6.07) is 4.95. The van der Waals surface area contributed by atoms with Crippen LogP contribution in [0.1, 0.15) is 35.7 Å². The highest BCUT2D eigenvalue weighted by Crippen LogP contribution is 2.33. The van der Waals surface area contributed by atoms with Crippen LogP contribution in [0.5, 0.6) is 0 Å². The van der Waals surface area contributed by atoms with Crippen LogP contribution in [0.2, 0.25) is 0 Å². The van der Waals surface area contributed by atoms with Crippen molar-refractivity contribution in [3.8, 4) is 0 Å². The van der Waals surface area contributed by atoms with Gasteiger partial charge in [-0.05, 0) is 50.5 Å². The van der Waals surface area contributed by atoms with Crippen molar-refractivity contribution in [1.82, 2.24) is 20.2 Å². The molecule has 2 saturated heterocycles. The van der Waals surface area contributed by atoms with E-state index in [1.165, 1.54) is 4.90 Å². The van der Waals surface area contributed by atoms with Gasteiger partial charge in [-0.15, -0.1) is 0 Å². The van der Waals surface area contributed by atoms with Crippen LogP contribution in [0, 0.1) is 12.7 Å². The highest BCUT2D eigenvalue weighted by molar-refractivity contribution is 5.96. The molecule has 2 atom stereocenters. The molecule has 0 saturated carbocycles. The molecule has 0 spiro atoms. The van der Waals surface area contributed by atoms with Gasteiger partial charge in [0.05, 0.1) is 18.3 Å². The fourth-order valence-corrected chi connectivity index (χ4v) is 4.41. The van der Waals surface area contributed by atoms with Crippen LogP contribution in [0.15, 0.2) is 24.4 Å². The fourth-order valence-electron chi connectivity index (χ4n) is 4.41. The average Bonchev–Trinajstić information content (AvgIpc) is 3.00. The molecule has 2 unspecified atom stereocenters. The van der Waals surface area contributed by atoms with Crippen molar-refractivity contribution in [3.05, 3.63) is 41.3 Å². The Morgan fingerprint density at radius 3 is 2.58 bits per heavy atom. The molecule has 2 amide bonds. The zero-order valence-electron chi connectivity index (χ0n) is 17.4. The third-order valence-electron chi connectivity index (χ3n) is 5.79. The molecule has 2 fully saturated rings. The van der Waals surface area contributed by atoms with Crippen LogP contribution < -0.4 is 15.5 Å². The Hall–Kier alpha value is -3.43. The molecule has 1 aromatic carbocycles. The van der Waals surface area contributed by atoms with Crippen LogP contribution in [0.3, 0.4) is 0 Å². The van der Waals surface area contributed by atoms with E-state index in [9.17, 15) is 19.1 Å². The van der Waals surface area contributed by atoms with Crippen molar-refractivity contribution in [2.24, 2.45) is 0 Å². The van der Waals surface area contributed by atoms with E-state index < -0.39 is 11.9 Å². The number of amides is 2. The molecule has 3 heterocycles. The number of hydrogen-bond donors (Lipinski definition) is 3. The van der Waals surface area contributed by atoms with Crippen molar-refractivity contribution in [2.45, 2.75) is 38.8 Å². The van der Waals surface area contributed by atoms with E-state index in [0.29, 0.717) is 30.9 Å². The topological polar surface area (TPSA) is 111 Å². The number of aryl methyl sites for hydroxylation is 1. The molecular formula is C21H25FN6O3. The molecule has 1 aromatic heterocycles. The minimum Gasteiger partial charge on any atom is -0.465 e. The molecule has 2 aliphatic rings. The number of aromatic nitrogens is 2. The summed E-state index contributed by atoms with van der Waals surface area (Å²) in [5, 5.41) is 15.3. The van der Waals surface area contributed by atoms with Gasteiger partial charge in [-0.1, -0.05) is 0 Å². The number of rotatable bonds is 5. The van der Waals surface area contributed by atoms with Crippen LogP contribution >= 0.6 is 0 Å². The lowest BCUT2D eigenvalue weighted by molar-refractivity contribution is 0.0955. The van der Waals surface area contributed by atoms with E-state index in [0.717, 1.165) is 24.6 Å². The van der Waals surface area contributed by atoms with Crippen molar-refractivity contribution in [1.29, 1.82) is 0 Å². The Morgan fingerprint density at radius 2 is 1.97 bits per heavy atom. The summed E-state index contributed by atoms with van der Waals surface area (Å²) in [6.07, 6.45) is 1.72. The smallest absolute Gasteiger partial charge is 0.407 e. The normalized spacial score (nSPS) is 20.0. The zero-order chi connectivity index (χ0) is 22.1. The summed E-state index contributed by atoms with van der Waals surface area (Å²) in [6.45, 7) is 5.05. The number of fused-ring (bicyclic) bond motifs is 2. The summed E-state index contributed by atoms with van der Waals surface area (Å²) in [5.74, 6) is -0.289. The van der Waals surface area contributed by atoms with Crippen LogP contribution in [-0.4, -0.2) is 63.7 Å². The molecule has 31 heavy (non-hydrogen) atoms. The summed E-state index contributed by atoms with van der Waals surface area (Å²) < 4.78 is 14.5. The van der Waals surface area contributed by atoms with Gasteiger partial charge in [-0.25, -0.2) is 14.2 Å². The minimum absolute atomic E-state index is 0.137. The molecule has 2 aliphatic heterocycles. The number of benzene rings is 1. The van der Waals surface area contributed by atoms with Gasteiger partial charge in [0.1, 0.15) is 0 Å². The first-order valence-corrected chi connectivity index (χ1v) is 10.3. The predicted molar refractivity (Wildman–Crippen MR) is 113 cm³/mol. The minimum atomic E-state index is -0.927. The molecule has 164 valence electrons. The van der Waals surface area contributed by atoms with E-state index in [4.69, 9.17) is 0 Å². The fraction of sp³-hybridized carbons (Fsp3) is 0.429. The van der Waals surface area contributed by atoms with Gasteiger partial charge in [0.25, 0.3) is 5.91 Å². The Balaban J connectivity index is 1.52. The Labute approximate surface area is 179 Å². The maximum atomic E-state index is 14.5. The quantitative estimate of drug-likeness (QED) is 0.672. The summed E-state index contributed by atoms with van der Waals surface area (Å²) >= 11 is 0. The van der Waals surface area contributed by atoms with Crippen molar-refractivity contribution < 1.29 is 19.1 Å². The zero-order valence-corrected chi connectivity index (χ0v) is 17.4. The van der Waals surface area contributed by atoms with Crippen molar-refractivity contribution in [2.75, 3.05) is 29.9 Å². The lowest BCUT2D eigenvalue weighted by atomic mass is 10.1. The molecule has 0 radical (unpaired) electrons. The monoisotopic (exact) mass is 428 g/mol.